The molecule has 0 radical (unpaired) electrons. The maximum Gasteiger partial charge on any atom is 0.240 e. The van der Waals surface area contributed by atoms with Gasteiger partial charge in [0.25, 0.3) is 0 Å². The lowest BCUT2D eigenvalue weighted by molar-refractivity contribution is 0.276. The van der Waals surface area contributed by atoms with Gasteiger partial charge < -0.3 is 4.52 Å². The first-order valence-electron chi connectivity index (χ1n) is 6.21. The summed E-state index contributed by atoms with van der Waals surface area (Å²) < 4.78 is 31.5. The molecule has 1 aromatic carbocycles. The molecule has 0 aliphatic heterocycles. The third-order valence-corrected chi connectivity index (χ3v) is 4.23. The molecule has 0 atom stereocenters. The van der Waals surface area contributed by atoms with Crippen LogP contribution in [0, 0.1) is 0 Å². The van der Waals surface area contributed by atoms with E-state index in [1.807, 2.05) is 11.9 Å². The highest BCUT2D eigenvalue weighted by Crippen LogP contribution is 2.06. The van der Waals surface area contributed by atoms with E-state index in [2.05, 4.69) is 9.88 Å². The Hall–Kier alpha value is -1.70. The van der Waals surface area contributed by atoms with Gasteiger partial charge in [-0.3, -0.25) is 4.90 Å². The van der Waals surface area contributed by atoms with Crippen LogP contribution in [0.15, 0.2) is 52.0 Å². The van der Waals surface area contributed by atoms with Crippen molar-refractivity contribution >= 4 is 10.0 Å². The molecule has 2 aromatic rings. The molecule has 6 nitrogen and oxygen atoms in total. The van der Waals surface area contributed by atoms with E-state index in [0.29, 0.717) is 19.6 Å². The summed E-state index contributed by atoms with van der Waals surface area (Å²) in [7, 11) is -1.54. The average Bonchev–Trinajstić information content (AvgIpc) is 2.92. The molecule has 0 aliphatic rings. The summed E-state index contributed by atoms with van der Waals surface area (Å²) in [6, 6.07) is 10.1. The first-order chi connectivity index (χ1) is 9.58. The van der Waals surface area contributed by atoms with Crippen LogP contribution in [0.3, 0.4) is 0 Å². The van der Waals surface area contributed by atoms with Gasteiger partial charge in [-0.1, -0.05) is 23.4 Å². The number of benzene rings is 1. The maximum absolute atomic E-state index is 12.0. The second-order valence-corrected chi connectivity index (χ2v) is 6.19. The van der Waals surface area contributed by atoms with Gasteiger partial charge in [0.15, 0.2) is 5.76 Å². The smallest absolute Gasteiger partial charge is 0.240 e. The zero-order valence-electron chi connectivity index (χ0n) is 11.2. The molecule has 0 aliphatic carbocycles. The van der Waals surface area contributed by atoms with E-state index in [9.17, 15) is 8.42 Å². The van der Waals surface area contributed by atoms with Gasteiger partial charge in [-0.2, -0.15) is 0 Å². The number of hydrogen-bond donors (Lipinski definition) is 1. The zero-order chi connectivity index (χ0) is 14.4. The molecule has 0 unspecified atom stereocenters. The fraction of sp³-hybridized carbons (Fsp3) is 0.308. The van der Waals surface area contributed by atoms with E-state index in [-0.39, 0.29) is 4.90 Å². The second-order valence-electron chi connectivity index (χ2n) is 4.43. The van der Waals surface area contributed by atoms with E-state index in [0.717, 1.165) is 5.76 Å². The second kappa shape index (κ2) is 6.65. The van der Waals surface area contributed by atoms with Crippen LogP contribution in [0.25, 0.3) is 0 Å². The van der Waals surface area contributed by atoms with Crippen LogP contribution in [0.1, 0.15) is 5.76 Å². The molecule has 20 heavy (non-hydrogen) atoms. The first-order valence-corrected chi connectivity index (χ1v) is 7.69. The van der Waals surface area contributed by atoms with Gasteiger partial charge in [-0.05, 0) is 19.2 Å². The summed E-state index contributed by atoms with van der Waals surface area (Å²) in [6.07, 6.45) is 1.58. The Bertz CT molecular complexity index is 612. The summed E-state index contributed by atoms with van der Waals surface area (Å²) >= 11 is 0. The highest BCUT2D eigenvalue weighted by atomic mass is 32.2. The van der Waals surface area contributed by atoms with Gasteiger partial charge in [0, 0.05) is 19.2 Å². The minimum Gasteiger partial charge on any atom is -0.360 e. The third kappa shape index (κ3) is 4.16. The number of sulfonamides is 1. The van der Waals surface area contributed by atoms with Crippen molar-refractivity contribution in [3.8, 4) is 0 Å². The number of nitrogens with one attached hydrogen (secondary N) is 1. The lowest BCUT2D eigenvalue weighted by Crippen LogP contribution is -2.32. The summed E-state index contributed by atoms with van der Waals surface area (Å²) in [6.45, 7) is 1.50. The van der Waals surface area contributed by atoms with Crippen LogP contribution in [-0.4, -0.2) is 38.6 Å². The van der Waals surface area contributed by atoms with E-state index in [1.165, 1.54) is 0 Å². The van der Waals surface area contributed by atoms with Gasteiger partial charge in [0.1, 0.15) is 0 Å². The number of likely N-dealkylation sites (N-methyl/N-ethyl adjacent to an activating group) is 1. The summed E-state index contributed by atoms with van der Waals surface area (Å²) in [5.74, 6) is 0.749. The summed E-state index contributed by atoms with van der Waals surface area (Å²) in [5, 5.41) is 3.62. The number of aromatic nitrogens is 1. The molecular weight excluding hydrogens is 278 g/mol. The number of hydrogen-bond acceptors (Lipinski definition) is 5. The molecule has 1 N–H and O–H groups in total. The van der Waals surface area contributed by atoms with Crippen LogP contribution in [0.2, 0.25) is 0 Å². The predicted octanol–water partition coefficient (Wildman–Crippen LogP) is 1.08. The minimum atomic E-state index is -3.43. The highest BCUT2D eigenvalue weighted by molar-refractivity contribution is 7.89. The van der Waals surface area contributed by atoms with E-state index >= 15 is 0 Å². The molecule has 0 saturated carbocycles. The fourth-order valence-corrected chi connectivity index (χ4v) is 2.76. The van der Waals surface area contributed by atoms with Crippen LogP contribution >= 0.6 is 0 Å². The molecule has 0 fully saturated rings. The van der Waals surface area contributed by atoms with Crippen LogP contribution in [0.4, 0.5) is 0 Å². The Kier molecular flexibility index (Phi) is 4.89. The number of nitrogens with zero attached hydrogens (tertiary/aromatic N) is 2. The fourth-order valence-electron chi connectivity index (χ4n) is 1.72. The molecule has 0 saturated heterocycles. The molecule has 0 amide bonds. The van der Waals surface area contributed by atoms with Crippen molar-refractivity contribution in [2.45, 2.75) is 11.4 Å². The molecule has 2 rings (SSSR count). The van der Waals surface area contributed by atoms with Crippen molar-refractivity contribution in [1.82, 2.24) is 14.8 Å². The van der Waals surface area contributed by atoms with Crippen LogP contribution in [-0.2, 0) is 16.6 Å². The van der Waals surface area contributed by atoms with E-state index in [1.54, 1.807) is 42.6 Å². The third-order valence-electron chi connectivity index (χ3n) is 2.76. The monoisotopic (exact) mass is 295 g/mol. The Balaban J connectivity index is 1.81. The summed E-state index contributed by atoms with van der Waals surface area (Å²) in [4.78, 5) is 2.23. The molecular formula is C13H17N3O3S. The van der Waals surface area contributed by atoms with Gasteiger partial charge in [-0.15, -0.1) is 0 Å². The molecule has 1 heterocycles. The van der Waals surface area contributed by atoms with Crippen molar-refractivity contribution < 1.29 is 12.9 Å². The van der Waals surface area contributed by atoms with Gasteiger partial charge >= 0.3 is 0 Å². The number of rotatable bonds is 7. The SMILES string of the molecule is CN(CCNS(=O)(=O)c1ccccc1)Cc1ccno1. The van der Waals surface area contributed by atoms with Crippen LogP contribution in [0.5, 0.6) is 0 Å². The maximum atomic E-state index is 12.0. The quantitative estimate of drug-likeness (QED) is 0.827. The lowest BCUT2D eigenvalue weighted by atomic mass is 10.4. The summed E-state index contributed by atoms with van der Waals surface area (Å²) in [5.41, 5.74) is 0. The van der Waals surface area contributed by atoms with Crippen LogP contribution < -0.4 is 4.72 Å². The minimum absolute atomic E-state index is 0.276. The van der Waals surface area contributed by atoms with Crippen molar-refractivity contribution in [3.05, 3.63) is 48.4 Å². The topological polar surface area (TPSA) is 75.4 Å². The highest BCUT2D eigenvalue weighted by Gasteiger charge is 2.12. The largest absolute Gasteiger partial charge is 0.360 e. The predicted molar refractivity (Wildman–Crippen MR) is 74.5 cm³/mol. The average molecular weight is 295 g/mol. The van der Waals surface area contributed by atoms with Gasteiger partial charge in [0.2, 0.25) is 10.0 Å². The van der Waals surface area contributed by atoms with Crippen molar-refractivity contribution in [2.24, 2.45) is 0 Å². The Morgan fingerprint density at radius 3 is 2.65 bits per heavy atom. The van der Waals surface area contributed by atoms with E-state index < -0.39 is 10.0 Å². The van der Waals surface area contributed by atoms with Gasteiger partial charge in [-0.25, -0.2) is 13.1 Å². The normalized spacial score (nSPS) is 11.9. The molecule has 0 spiro atoms. The molecule has 108 valence electrons. The Labute approximate surface area is 118 Å². The molecule has 1 aromatic heterocycles. The molecule has 7 heteroatoms. The van der Waals surface area contributed by atoms with Crippen molar-refractivity contribution in [2.75, 3.05) is 20.1 Å². The first kappa shape index (κ1) is 14.7. The Morgan fingerprint density at radius 1 is 1.25 bits per heavy atom. The lowest BCUT2D eigenvalue weighted by Gasteiger charge is -2.15. The van der Waals surface area contributed by atoms with Gasteiger partial charge in [0.05, 0.1) is 17.6 Å². The van der Waals surface area contributed by atoms with Crippen molar-refractivity contribution in [3.63, 3.8) is 0 Å². The van der Waals surface area contributed by atoms with E-state index in [4.69, 9.17) is 4.52 Å². The Morgan fingerprint density at radius 2 is 2.00 bits per heavy atom. The van der Waals surface area contributed by atoms with Crippen molar-refractivity contribution in [1.29, 1.82) is 0 Å². The zero-order valence-corrected chi connectivity index (χ0v) is 12.0. The standard InChI is InChI=1S/C13H17N3O3S/c1-16(11-12-7-8-14-19-12)10-9-15-20(17,18)13-5-3-2-4-6-13/h2-8,15H,9-11H2,1H3. The molecule has 0 bridgehead atoms.